The molecule has 2 aromatic heterocycles. The molecule has 1 aliphatic heterocycles. The quantitative estimate of drug-likeness (QED) is 0.800. The Bertz CT molecular complexity index is 617. The molecular formula is C14H18N4O2. The highest BCUT2D eigenvalue weighted by Crippen LogP contribution is 2.19. The second-order valence-corrected chi connectivity index (χ2v) is 4.88. The van der Waals surface area contributed by atoms with E-state index < -0.39 is 0 Å². The van der Waals surface area contributed by atoms with Crippen LogP contribution in [0.4, 0.5) is 5.82 Å². The molecule has 106 valence electrons. The van der Waals surface area contributed by atoms with Gasteiger partial charge < -0.3 is 9.64 Å². The monoisotopic (exact) mass is 274 g/mol. The lowest BCUT2D eigenvalue weighted by molar-refractivity contribution is 0.0528. The number of hydrogen-bond acceptors (Lipinski definition) is 5. The number of piperidine rings is 1. The van der Waals surface area contributed by atoms with E-state index >= 15 is 0 Å². The Hall–Kier alpha value is -2.11. The maximum Gasteiger partial charge on any atom is 0.343 e. The Morgan fingerprint density at radius 3 is 2.90 bits per heavy atom. The van der Waals surface area contributed by atoms with Crippen LogP contribution >= 0.6 is 0 Å². The third kappa shape index (κ3) is 2.33. The molecule has 0 spiro atoms. The smallest absolute Gasteiger partial charge is 0.343 e. The molecular weight excluding hydrogens is 256 g/mol. The first-order chi connectivity index (χ1) is 9.79. The number of aromatic nitrogens is 3. The molecule has 0 N–H and O–H groups in total. The number of nitrogens with zero attached hydrogens (tertiary/aromatic N) is 4. The van der Waals surface area contributed by atoms with Gasteiger partial charge in [0.15, 0.2) is 5.65 Å². The minimum Gasteiger partial charge on any atom is -0.462 e. The molecule has 0 amide bonds. The van der Waals surface area contributed by atoms with E-state index in [-0.39, 0.29) is 5.97 Å². The van der Waals surface area contributed by atoms with Crippen molar-refractivity contribution < 1.29 is 9.53 Å². The lowest BCUT2D eigenvalue weighted by Crippen LogP contribution is -2.30. The number of carbonyl (C=O) groups is 1. The molecule has 3 heterocycles. The molecule has 1 saturated heterocycles. The van der Waals surface area contributed by atoms with E-state index in [0.717, 1.165) is 18.9 Å². The van der Waals surface area contributed by atoms with Crippen molar-refractivity contribution >= 4 is 17.4 Å². The number of carbonyl (C=O) groups excluding carboxylic acids is 1. The molecule has 3 rings (SSSR count). The Labute approximate surface area is 117 Å². The maximum atomic E-state index is 11.9. The van der Waals surface area contributed by atoms with Gasteiger partial charge in [0.25, 0.3) is 0 Å². The Balaban J connectivity index is 1.96. The Kier molecular flexibility index (Phi) is 3.54. The van der Waals surface area contributed by atoms with Crippen molar-refractivity contribution in [3.63, 3.8) is 0 Å². The summed E-state index contributed by atoms with van der Waals surface area (Å²) in [6.45, 7) is 4.18. The molecule has 0 unspecified atom stereocenters. The zero-order chi connectivity index (χ0) is 13.9. The molecule has 0 radical (unpaired) electrons. The average Bonchev–Trinajstić information content (AvgIpc) is 2.91. The van der Waals surface area contributed by atoms with Crippen molar-refractivity contribution in [2.75, 3.05) is 24.6 Å². The molecule has 6 nitrogen and oxygen atoms in total. The number of ether oxygens (including phenoxy) is 1. The summed E-state index contributed by atoms with van der Waals surface area (Å²) in [5.41, 5.74) is 0.984. The first kappa shape index (κ1) is 12.9. The first-order valence-electron chi connectivity index (χ1n) is 7.06. The van der Waals surface area contributed by atoms with E-state index in [4.69, 9.17) is 4.74 Å². The van der Waals surface area contributed by atoms with E-state index in [1.807, 2.05) is 12.3 Å². The molecule has 2 aromatic rings. The van der Waals surface area contributed by atoms with Crippen molar-refractivity contribution in [2.24, 2.45) is 0 Å². The van der Waals surface area contributed by atoms with Crippen molar-refractivity contribution in [3.05, 3.63) is 24.0 Å². The van der Waals surface area contributed by atoms with Gasteiger partial charge in [0, 0.05) is 19.3 Å². The van der Waals surface area contributed by atoms with Gasteiger partial charge in [0.1, 0.15) is 11.4 Å². The largest absolute Gasteiger partial charge is 0.462 e. The van der Waals surface area contributed by atoms with Crippen molar-refractivity contribution in [2.45, 2.75) is 26.2 Å². The molecule has 20 heavy (non-hydrogen) atoms. The Morgan fingerprint density at radius 2 is 2.15 bits per heavy atom. The molecule has 1 fully saturated rings. The fraction of sp³-hybridized carbons (Fsp3) is 0.500. The summed E-state index contributed by atoms with van der Waals surface area (Å²) in [6.07, 6.45) is 7.02. The number of esters is 1. The van der Waals surface area contributed by atoms with Crippen LogP contribution in [-0.2, 0) is 4.74 Å². The van der Waals surface area contributed by atoms with Crippen LogP contribution < -0.4 is 4.90 Å². The second kappa shape index (κ2) is 5.48. The Morgan fingerprint density at radius 1 is 1.35 bits per heavy atom. The summed E-state index contributed by atoms with van der Waals surface area (Å²) in [5.74, 6) is 0.536. The molecule has 1 aliphatic rings. The van der Waals surface area contributed by atoms with Crippen LogP contribution in [0.15, 0.2) is 18.5 Å². The minimum atomic E-state index is -0.370. The highest BCUT2D eigenvalue weighted by molar-refractivity contribution is 5.95. The normalized spacial score (nSPS) is 15.6. The van der Waals surface area contributed by atoms with Crippen LogP contribution in [0.2, 0.25) is 0 Å². The van der Waals surface area contributed by atoms with Crippen LogP contribution in [0.3, 0.4) is 0 Å². The van der Waals surface area contributed by atoms with Gasteiger partial charge in [-0.1, -0.05) is 0 Å². The van der Waals surface area contributed by atoms with Gasteiger partial charge in [-0.2, -0.15) is 5.10 Å². The van der Waals surface area contributed by atoms with Crippen molar-refractivity contribution in [1.82, 2.24) is 14.6 Å². The van der Waals surface area contributed by atoms with Crippen LogP contribution in [0, 0.1) is 0 Å². The number of fused-ring (bicyclic) bond motifs is 1. The van der Waals surface area contributed by atoms with Gasteiger partial charge in [-0.25, -0.2) is 14.3 Å². The van der Waals surface area contributed by atoms with E-state index in [1.165, 1.54) is 25.5 Å². The molecule has 0 saturated carbocycles. The molecule has 0 aromatic carbocycles. The minimum absolute atomic E-state index is 0.349. The third-order valence-corrected chi connectivity index (χ3v) is 3.53. The van der Waals surface area contributed by atoms with Gasteiger partial charge in [-0.3, -0.25) is 0 Å². The zero-order valence-electron chi connectivity index (χ0n) is 11.6. The first-order valence-corrected chi connectivity index (χ1v) is 7.06. The zero-order valence-corrected chi connectivity index (χ0v) is 11.6. The van der Waals surface area contributed by atoms with E-state index in [1.54, 1.807) is 11.4 Å². The number of hydrogen-bond donors (Lipinski definition) is 0. The highest BCUT2D eigenvalue weighted by atomic mass is 16.5. The van der Waals surface area contributed by atoms with Gasteiger partial charge in [-0.05, 0) is 32.3 Å². The van der Waals surface area contributed by atoms with Crippen molar-refractivity contribution in [1.29, 1.82) is 0 Å². The van der Waals surface area contributed by atoms with Crippen LogP contribution in [0.5, 0.6) is 0 Å². The van der Waals surface area contributed by atoms with Crippen LogP contribution in [-0.4, -0.2) is 40.3 Å². The van der Waals surface area contributed by atoms with Gasteiger partial charge >= 0.3 is 5.97 Å². The molecule has 0 bridgehead atoms. The summed E-state index contributed by atoms with van der Waals surface area (Å²) >= 11 is 0. The SMILES string of the molecule is CCOC(=O)c1cnn2ccc(N3CCCCC3)nc12. The summed E-state index contributed by atoms with van der Waals surface area (Å²) in [6, 6.07) is 1.94. The predicted molar refractivity (Wildman–Crippen MR) is 75.0 cm³/mol. The molecule has 0 aliphatic carbocycles. The lowest BCUT2D eigenvalue weighted by Gasteiger charge is -2.27. The van der Waals surface area contributed by atoms with Gasteiger partial charge in [0.05, 0.1) is 12.8 Å². The third-order valence-electron chi connectivity index (χ3n) is 3.53. The van der Waals surface area contributed by atoms with Gasteiger partial charge in [0.2, 0.25) is 0 Å². The fourth-order valence-corrected chi connectivity index (χ4v) is 2.51. The highest BCUT2D eigenvalue weighted by Gasteiger charge is 2.18. The number of rotatable bonds is 3. The predicted octanol–water partition coefficient (Wildman–Crippen LogP) is 1.90. The molecule has 0 atom stereocenters. The summed E-state index contributed by atoms with van der Waals surface area (Å²) in [4.78, 5) is 18.7. The van der Waals surface area contributed by atoms with Gasteiger partial charge in [-0.15, -0.1) is 0 Å². The average molecular weight is 274 g/mol. The standard InChI is InChI=1S/C14H18N4O2/c1-2-20-14(19)11-10-15-18-9-6-12(16-13(11)18)17-7-4-3-5-8-17/h6,9-10H,2-5,7-8H2,1H3. The van der Waals surface area contributed by atoms with E-state index in [0.29, 0.717) is 17.8 Å². The second-order valence-electron chi connectivity index (χ2n) is 4.88. The molecule has 6 heteroatoms. The lowest BCUT2D eigenvalue weighted by atomic mass is 10.1. The van der Waals surface area contributed by atoms with Crippen molar-refractivity contribution in [3.8, 4) is 0 Å². The number of anilines is 1. The van der Waals surface area contributed by atoms with E-state index in [9.17, 15) is 4.79 Å². The summed E-state index contributed by atoms with van der Waals surface area (Å²) in [5, 5.41) is 4.14. The fourth-order valence-electron chi connectivity index (χ4n) is 2.51. The topological polar surface area (TPSA) is 59.7 Å². The van der Waals surface area contributed by atoms with Crippen LogP contribution in [0.25, 0.3) is 5.65 Å². The van der Waals surface area contributed by atoms with Crippen LogP contribution in [0.1, 0.15) is 36.5 Å². The van der Waals surface area contributed by atoms with E-state index in [2.05, 4.69) is 15.0 Å². The summed E-state index contributed by atoms with van der Waals surface area (Å²) < 4.78 is 6.64. The summed E-state index contributed by atoms with van der Waals surface area (Å²) in [7, 11) is 0. The maximum absolute atomic E-state index is 11.9.